The number of nitrogen functional groups attached to an aromatic ring is 1. The van der Waals surface area contributed by atoms with Crippen molar-refractivity contribution in [3.8, 4) is 0 Å². The molecule has 1 aromatic rings. The van der Waals surface area contributed by atoms with Gasteiger partial charge in [0.05, 0.1) is 0 Å². The van der Waals surface area contributed by atoms with Gasteiger partial charge in [0, 0.05) is 12.4 Å². The Balaban J connectivity index is 2.82. The molecule has 0 fully saturated rings. The Labute approximate surface area is 89.3 Å². The summed E-state index contributed by atoms with van der Waals surface area (Å²) in [6.45, 7) is 5.80. The molecule has 1 atom stereocenters. The summed E-state index contributed by atoms with van der Waals surface area (Å²) >= 11 is 0. The van der Waals surface area contributed by atoms with Gasteiger partial charge in [-0.25, -0.2) is 5.17 Å². The Bertz CT molecular complexity index is 312. The second-order valence-electron chi connectivity index (χ2n) is 3.19. The van der Waals surface area contributed by atoms with E-state index < -0.39 is 0 Å². The van der Waals surface area contributed by atoms with Crippen LogP contribution in [0, 0.1) is 5.21 Å². The number of hydroxylamine groups is 1. The Hall–Kier alpha value is -1.59. The van der Waals surface area contributed by atoms with Crippen molar-refractivity contribution in [3.63, 3.8) is 0 Å². The summed E-state index contributed by atoms with van der Waals surface area (Å²) in [5.74, 6) is 0. The Morgan fingerprint density at radius 2 is 2.07 bits per heavy atom. The van der Waals surface area contributed by atoms with Crippen LogP contribution >= 0.6 is 0 Å². The maximum atomic E-state index is 11.6. The number of nitrogens with one attached hydrogen (secondary N) is 1. The zero-order valence-electron chi connectivity index (χ0n) is 8.81. The maximum Gasteiger partial charge on any atom is 0.116 e. The molecule has 0 saturated heterocycles. The average molecular weight is 208 g/mol. The number of hydrogen-bond acceptors (Lipinski definition) is 4. The third-order valence-corrected chi connectivity index (χ3v) is 1.98. The van der Waals surface area contributed by atoms with Gasteiger partial charge >= 0.3 is 0 Å². The summed E-state index contributed by atoms with van der Waals surface area (Å²) in [5.41, 5.74) is 6.90. The number of hydrazone groups is 1. The van der Waals surface area contributed by atoms with Gasteiger partial charge in [-0.3, -0.25) is 0 Å². The van der Waals surface area contributed by atoms with Crippen LogP contribution in [0.25, 0.3) is 0 Å². The van der Waals surface area contributed by atoms with E-state index in [9.17, 15) is 5.21 Å². The fraction of sp³-hybridized carbons (Fsp3) is 0.300. The fourth-order valence-corrected chi connectivity index (χ4v) is 1.24. The number of benzene rings is 1. The lowest BCUT2D eigenvalue weighted by atomic mass is 10.3. The van der Waals surface area contributed by atoms with E-state index in [1.807, 2.05) is 6.92 Å². The van der Waals surface area contributed by atoms with Crippen molar-refractivity contribution in [2.24, 2.45) is 5.10 Å². The number of rotatable bonds is 5. The van der Waals surface area contributed by atoms with Crippen molar-refractivity contribution in [2.75, 3.05) is 17.4 Å². The zero-order chi connectivity index (χ0) is 11.3. The summed E-state index contributed by atoms with van der Waals surface area (Å²) in [7, 11) is 0. The monoisotopic (exact) mass is 208 g/mol. The van der Waals surface area contributed by atoms with E-state index >= 15 is 0 Å². The molecule has 82 valence electrons. The summed E-state index contributed by atoms with van der Waals surface area (Å²) in [5, 5.41) is 16.6. The number of anilines is 2. The molecule has 5 heteroatoms. The molecule has 0 spiro atoms. The van der Waals surface area contributed by atoms with Crippen LogP contribution in [0.1, 0.15) is 13.3 Å². The molecule has 0 amide bonds. The Kier molecular flexibility index (Phi) is 4.08. The minimum Gasteiger partial charge on any atom is -0.606 e. The van der Waals surface area contributed by atoms with Crippen molar-refractivity contribution in [2.45, 2.75) is 13.3 Å². The van der Waals surface area contributed by atoms with Crippen molar-refractivity contribution >= 4 is 18.1 Å². The Morgan fingerprint density at radius 3 is 2.53 bits per heavy atom. The normalized spacial score (nSPS) is 12.1. The van der Waals surface area contributed by atoms with Crippen molar-refractivity contribution in [3.05, 3.63) is 29.5 Å². The number of quaternary nitrogens is 1. The first-order chi connectivity index (χ1) is 7.19. The second-order valence-corrected chi connectivity index (χ2v) is 3.19. The summed E-state index contributed by atoms with van der Waals surface area (Å²) < 4.78 is 0. The smallest absolute Gasteiger partial charge is 0.116 e. The average Bonchev–Trinajstić information content (AvgIpc) is 2.22. The number of nitrogens with two attached hydrogens (primary N) is 1. The highest BCUT2D eigenvalue weighted by Crippen LogP contribution is 2.13. The first-order valence-corrected chi connectivity index (χ1v) is 4.84. The van der Waals surface area contributed by atoms with Gasteiger partial charge in [-0.1, -0.05) is 6.92 Å². The van der Waals surface area contributed by atoms with E-state index in [2.05, 4.69) is 11.8 Å². The molecular weight excluding hydrogens is 192 g/mol. The first kappa shape index (κ1) is 11.5. The molecule has 0 heterocycles. The third kappa shape index (κ3) is 2.93. The predicted octanol–water partition coefficient (Wildman–Crippen LogP) is 0.399. The second kappa shape index (κ2) is 5.33. The van der Waals surface area contributed by atoms with Crippen LogP contribution in [0.15, 0.2) is 29.4 Å². The number of hydrogen-bond donors (Lipinski definition) is 2. The summed E-state index contributed by atoms with van der Waals surface area (Å²) in [6, 6.07) is 6.95. The molecule has 1 unspecified atom stereocenters. The minimum absolute atomic E-state index is 0.0581. The highest BCUT2D eigenvalue weighted by atomic mass is 16.6. The summed E-state index contributed by atoms with van der Waals surface area (Å²) in [6.07, 6.45) is 0.791. The quantitative estimate of drug-likeness (QED) is 0.418. The van der Waals surface area contributed by atoms with Gasteiger partial charge < -0.3 is 10.9 Å². The van der Waals surface area contributed by atoms with Crippen LogP contribution in [0.2, 0.25) is 0 Å². The van der Waals surface area contributed by atoms with Gasteiger partial charge in [-0.2, -0.15) is 0 Å². The van der Waals surface area contributed by atoms with Crippen LogP contribution < -0.4 is 16.0 Å². The molecule has 0 aliphatic heterocycles. The molecule has 0 saturated carbocycles. The predicted molar refractivity (Wildman–Crippen MR) is 62.4 cm³/mol. The third-order valence-electron chi connectivity index (χ3n) is 1.98. The van der Waals surface area contributed by atoms with Crippen LogP contribution in [-0.4, -0.2) is 13.3 Å². The first-order valence-electron chi connectivity index (χ1n) is 4.84. The van der Waals surface area contributed by atoms with E-state index in [4.69, 9.17) is 5.73 Å². The van der Waals surface area contributed by atoms with Crippen LogP contribution in [0.3, 0.4) is 0 Å². The maximum absolute atomic E-state index is 11.6. The van der Waals surface area contributed by atoms with Crippen LogP contribution in [-0.2, 0) is 0 Å². The molecule has 0 aliphatic carbocycles. The number of nitrogens with zero attached hydrogens (tertiary/aromatic N) is 2. The van der Waals surface area contributed by atoms with Gasteiger partial charge in [0.2, 0.25) is 0 Å². The molecule has 1 rings (SSSR count). The van der Waals surface area contributed by atoms with Crippen molar-refractivity contribution < 1.29 is 5.17 Å². The van der Waals surface area contributed by atoms with Crippen molar-refractivity contribution in [1.29, 1.82) is 0 Å². The van der Waals surface area contributed by atoms with E-state index in [0.29, 0.717) is 17.9 Å². The molecule has 3 N–H and O–H groups in total. The molecule has 0 radical (unpaired) electrons. The summed E-state index contributed by atoms with van der Waals surface area (Å²) in [4.78, 5) is 0. The van der Waals surface area contributed by atoms with Crippen LogP contribution in [0.4, 0.5) is 11.4 Å². The highest BCUT2D eigenvalue weighted by molar-refractivity contribution is 5.51. The van der Waals surface area contributed by atoms with Crippen LogP contribution in [0.5, 0.6) is 0 Å². The minimum atomic E-state index is -0.0581. The molecule has 0 bridgehead atoms. The van der Waals surface area contributed by atoms with E-state index in [-0.39, 0.29) is 5.17 Å². The zero-order valence-corrected chi connectivity index (χ0v) is 8.81. The molecule has 0 aliphatic rings. The largest absolute Gasteiger partial charge is 0.606 e. The molecule has 1 aromatic carbocycles. The van der Waals surface area contributed by atoms with Gasteiger partial charge in [0.15, 0.2) is 0 Å². The lowest BCUT2D eigenvalue weighted by Crippen LogP contribution is -3.14. The topological polar surface area (TPSA) is 69.1 Å². The standard InChI is InChI=1S/C10H16N4O/c1-3-8-13(15)14(12-2)10-6-4-9(11)5-7-10/h4-7,13H,2-3,8,11H2,1H3. The molecule has 5 nitrogen and oxygen atoms in total. The van der Waals surface area contributed by atoms with E-state index in [0.717, 1.165) is 6.42 Å². The molecule has 0 aromatic heterocycles. The van der Waals surface area contributed by atoms with E-state index in [1.165, 1.54) is 5.12 Å². The van der Waals surface area contributed by atoms with Gasteiger partial charge in [0.25, 0.3) is 0 Å². The van der Waals surface area contributed by atoms with E-state index in [1.54, 1.807) is 24.3 Å². The molecular formula is C10H16N4O. The van der Waals surface area contributed by atoms with Gasteiger partial charge in [-0.05, 0) is 30.7 Å². The lowest BCUT2D eigenvalue weighted by Gasteiger charge is -2.30. The molecule has 15 heavy (non-hydrogen) atoms. The Morgan fingerprint density at radius 1 is 1.47 bits per heavy atom. The van der Waals surface area contributed by atoms with Crippen molar-refractivity contribution in [1.82, 2.24) is 0 Å². The lowest BCUT2D eigenvalue weighted by molar-refractivity contribution is -0.858. The van der Waals surface area contributed by atoms with Gasteiger partial charge in [0.1, 0.15) is 12.2 Å². The van der Waals surface area contributed by atoms with Gasteiger partial charge in [-0.15, -0.1) is 10.2 Å². The highest BCUT2D eigenvalue weighted by Gasteiger charge is 2.09. The fourth-order valence-electron chi connectivity index (χ4n) is 1.24. The SMILES string of the molecule is C=NN(c1ccc(N)cc1)[NH+]([O-])CCC.